The van der Waals surface area contributed by atoms with Crippen LogP contribution in [0.4, 0.5) is 0 Å². The molecule has 0 radical (unpaired) electrons. The van der Waals surface area contributed by atoms with Crippen molar-refractivity contribution >= 4 is 17.2 Å². The fourth-order valence-corrected chi connectivity index (χ4v) is 3.28. The minimum atomic E-state index is 0.111. The van der Waals surface area contributed by atoms with Gasteiger partial charge in [-0.15, -0.1) is 11.3 Å². The van der Waals surface area contributed by atoms with E-state index in [0.29, 0.717) is 12.6 Å². The zero-order valence-electron chi connectivity index (χ0n) is 11.2. The highest BCUT2D eigenvalue weighted by atomic mass is 32.1. The van der Waals surface area contributed by atoms with Gasteiger partial charge in [0, 0.05) is 10.9 Å². The summed E-state index contributed by atoms with van der Waals surface area (Å²) in [6.45, 7) is 4.64. The molecular formula is C14H22N2OS. The van der Waals surface area contributed by atoms with Crippen LogP contribution in [0.2, 0.25) is 0 Å². The van der Waals surface area contributed by atoms with Crippen molar-refractivity contribution in [2.24, 2.45) is 0 Å². The van der Waals surface area contributed by atoms with Gasteiger partial charge < -0.3 is 10.6 Å². The Kier molecular flexibility index (Phi) is 4.78. The third-order valence-corrected chi connectivity index (χ3v) is 4.61. The summed E-state index contributed by atoms with van der Waals surface area (Å²) >= 11 is 1.81. The number of nitrogens with one attached hydrogen (secondary N) is 2. The van der Waals surface area contributed by atoms with Crippen LogP contribution in [0, 0.1) is 0 Å². The number of fused-ring (bicyclic) bond motifs is 1. The standard InChI is InChI=1S/C14H22N2OS/c1-3-10(2)15-9-14(17)16-12-5-4-6-13-11(12)7-8-18-13/h7-8,10,12,15H,3-6,9H2,1-2H3,(H,16,17). The van der Waals surface area contributed by atoms with Gasteiger partial charge in [0.25, 0.3) is 0 Å². The van der Waals surface area contributed by atoms with E-state index in [-0.39, 0.29) is 11.9 Å². The molecule has 2 N–H and O–H groups in total. The van der Waals surface area contributed by atoms with E-state index in [1.165, 1.54) is 23.3 Å². The van der Waals surface area contributed by atoms with E-state index in [2.05, 4.69) is 35.9 Å². The third-order valence-electron chi connectivity index (χ3n) is 3.61. The van der Waals surface area contributed by atoms with E-state index in [1.807, 2.05) is 11.3 Å². The molecule has 0 aromatic carbocycles. The van der Waals surface area contributed by atoms with E-state index in [9.17, 15) is 4.79 Å². The smallest absolute Gasteiger partial charge is 0.234 e. The van der Waals surface area contributed by atoms with Crippen molar-refractivity contribution in [3.05, 3.63) is 21.9 Å². The second-order valence-corrected chi connectivity index (χ2v) is 6.00. The lowest BCUT2D eigenvalue weighted by atomic mass is 9.94. The van der Waals surface area contributed by atoms with Crippen LogP contribution in [0.25, 0.3) is 0 Å². The van der Waals surface area contributed by atoms with Crippen molar-refractivity contribution in [1.29, 1.82) is 0 Å². The minimum absolute atomic E-state index is 0.111. The summed E-state index contributed by atoms with van der Waals surface area (Å²) in [5.41, 5.74) is 1.34. The Morgan fingerprint density at radius 1 is 1.61 bits per heavy atom. The molecule has 0 bridgehead atoms. The fraction of sp³-hybridized carbons (Fsp3) is 0.643. The lowest BCUT2D eigenvalue weighted by molar-refractivity contribution is -0.121. The highest BCUT2D eigenvalue weighted by Crippen LogP contribution is 2.33. The Morgan fingerprint density at radius 3 is 3.22 bits per heavy atom. The highest BCUT2D eigenvalue weighted by Gasteiger charge is 2.22. The Morgan fingerprint density at radius 2 is 2.44 bits per heavy atom. The predicted octanol–water partition coefficient (Wildman–Crippen LogP) is 2.63. The lowest BCUT2D eigenvalue weighted by Gasteiger charge is -2.24. The molecule has 1 heterocycles. The number of aryl methyl sites for hydroxylation is 1. The fourth-order valence-electron chi connectivity index (χ4n) is 2.29. The molecule has 100 valence electrons. The van der Waals surface area contributed by atoms with Gasteiger partial charge in [0.2, 0.25) is 5.91 Å². The summed E-state index contributed by atoms with van der Waals surface area (Å²) in [6.07, 6.45) is 4.46. The molecule has 0 fully saturated rings. The molecule has 1 aromatic heterocycles. The van der Waals surface area contributed by atoms with Crippen molar-refractivity contribution in [1.82, 2.24) is 10.6 Å². The van der Waals surface area contributed by atoms with Gasteiger partial charge in [-0.1, -0.05) is 6.92 Å². The molecule has 0 aliphatic heterocycles. The van der Waals surface area contributed by atoms with Crippen molar-refractivity contribution in [3.8, 4) is 0 Å². The van der Waals surface area contributed by atoms with Gasteiger partial charge >= 0.3 is 0 Å². The number of rotatable bonds is 5. The minimum Gasteiger partial charge on any atom is -0.348 e. The van der Waals surface area contributed by atoms with Crippen LogP contribution in [0.5, 0.6) is 0 Å². The number of carbonyl (C=O) groups is 1. The van der Waals surface area contributed by atoms with Crippen molar-refractivity contribution in [3.63, 3.8) is 0 Å². The molecule has 2 atom stereocenters. The topological polar surface area (TPSA) is 41.1 Å². The van der Waals surface area contributed by atoms with E-state index in [0.717, 1.165) is 12.8 Å². The maximum atomic E-state index is 11.9. The van der Waals surface area contributed by atoms with E-state index >= 15 is 0 Å². The molecule has 0 saturated heterocycles. The van der Waals surface area contributed by atoms with Gasteiger partial charge in [-0.05, 0) is 49.6 Å². The molecule has 2 rings (SSSR count). The summed E-state index contributed by atoms with van der Waals surface area (Å²) in [5, 5.41) is 8.51. The summed E-state index contributed by atoms with van der Waals surface area (Å²) in [7, 11) is 0. The average Bonchev–Trinajstić information content (AvgIpc) is 2.85. The first-order valence-electron chi connectivity index (χ1n) is 6.79. The first-order chi connectivity index (χ1) is 8.70. The van der Waals surface area contributed by atoms with Crippen LogP contribution < -0.4 is 10.6 Å². The Balaban J connectivity index is 1.86. The van der Waals surface area contributed by atoms with Crippen LogP contribution in [0.15, 0.2) is 11.4 Å². The molecule has 3 nitrogen and oxygen atoms in total. The van der Waals surface area contributed by atoms with Gasteiger partial charge in [0.15, 0.2) is 0 Å². The van der Waals surface area contributed by atoms with Crippen molar-refractivity contribution < 1.29 is 4.79 Å². The SMILES string of the molecule is CCC(C)NCC(=O)NC1CCCc2sccc21. The van der Waals surface area contributed by atoms with Crippen LogP contribution in [0.3, 0.4) is 0 Å². The average molecular weight is 266 g/mol. The van der Waals surface area contributed by atoms with Crippen LogP contribution in [-0.2, 0) is 11.2 Å². The number of thiophene rings is 1. The normalized spacial score (nSPS) is 20.2. The molecule has 1 aliphatic rings. The van der Waals surface area contributed by atoms with Gasteiger partial charge in [-0.3, -0.25) is 4.79 Å². The second-order valence-electron chi connectivity index (χ2n) is 5.00. The molecule has 18 heavy (non-hydrogen) atoms. The molecule has 0 spiro atoms. The number of amides is 1. The molecule has 1 aromatic rings. The van der Waals surface area contributed by atoms with E-state index in [4.69, 9.17) is 0 Å². The number of hydrogen-bond donors (Lipinski definition) is 2. The van der Waals surface area contributed by atoms with Gasteiger partial charge in [0.1, 0.15) is 0 Å². The van der Waals surface area contributed by atoms with Gasteiger partial charge in [0.05, 0.1) is 12.6 Å². The Hall–Kier alpha value is -0.870. The number of hydrogen-bond acceptors (Lipinski definition) is 3. The maximum absolute atomic E-state index is 11.9. The van der Waals surface area contributed by atoms with E-state index < -0.39 is 0 Å². The van der Waals surface area contributed by atoms with Crippen LogP contribution >= 0.6 is 11.3 Å². The largest absolute Gasteiger partial charge is 0.348 e. The second kappa shape index (κ2) is 6.34. The summed E-state index contributed by atoms with van der Waals surface area (Å²) in [5.74, 6) is 0.111. The number of carbonyl (C=O) groups excluding carboxylic acids is 1. The first-order valence-corrected chi connectivity index (χ1v) is 7.67. The van der Waals surface area contributed by atoms with E-state index in [1.54, 1.807) is 0 Å². The molecule has 2 unspecified atom stereocenters. The molecular weight excluding hydrogens is 244 g/mol. The summed E-state index contributed by atoms with van der Waals surface area (Å²) < 4.78 is 0. The maximum Gasteiger partial charge on any atom is 0.234 e. The first kappa shape index (κ1) is 13.6. The van der Waals surface area contributed by atoms with Crippen molar-refractivity contribution in [2.75, 3.05) is 6.54 Å². The summed E-state index contributed by atoms with van der Waals surface area (Å²) in [6, 6.07) is 2.79. The van der Waals surface area contributed by atoms with Crippen LogP contribution in [0.1, 0.15) is 49.6 Å². The molecule has 4 heteroatoms. The summed E-state index contributed by atoms with van der Waals surface area (Å²) in [4.78, 5) is 13.3. The lowest BCUT2D eigenvalue weighted by Crippen LogP contribution is -2.39. The predicted molar refractivity (Wildman–Crippen MR) is 75.9 cm³/mol. The zero-order valence-corrected chi connectivity index (χ0v) is 12.0. The molecule has 1 amide bonds. The highest BCUT2D eigenvalue weighted by molar-refractivity contribution is 7.10. The van der Waals surface area contributed by atoms with Gasteiger partial charge in [-0.2, -0.15) is 0 Å². The third kappa shape index (κ3) is 3.33. The monoisotopic (exact) mass is 266 g/mol. The Bertz CT molecular complexity index is 402. The van der Waals surface area contributed by atoms with Crippen molar-refractivity contribution in [2.45, 2.75) is 51.6 Å². The quantitative estimate of drug-likeness (QED) is 0.860. The zero-order chi connectivity index (χ0) is 13.0. The Labute approximate surface area is 113 Å². The molecule has 1 aliphatic carbocycles. The van der Waals surface area contributed by atoms with Gasteiger partial charge in [-0.25, -0.2) is 0 Å². The van der Waals surface area contributed by atoms with Crippen LogP contribution in [-0.4, -0.2) is 18.5 Å². The molecule has 0 saturated carbocycles.